The van der Waals surface area contributed by atoms with Gasteiger partial charge in [0.25, 0.3) is 5.91 Å². The molecular weight excluding hydrogens is 272 g/mol. The monoisotopic (exact) mass is 290 g/mol. The molecule has 5 heteroatoms. The van der Waals surface area contributed by atoms with Crippen LogP contribution < -0.4 is 0 Å². The standard InChI is InChI=1S/C15H18N2O2S/c1-2-20-14-10-16-13-9-11(3-4-12(13)14)15(18)17-5-7-19-8-6-17/h3-4,9-10,16H,2,5-8H2,1H3. The number of fused-ring (bicyclic) bond motifs is 1. The van der Waals surface area contributed by atoms with Gasteiger partial charge in [0.1, 0.15) is 0 Å². The molecule has 0 spiro atoms. The second-order valence-corrected chi connectivity index (χ2v) is 6.06. The van der Waals surface area contributed by atoms with Crippen LogP contribution in [0.25, 0.3) is 10.9 Å². The van der Waals surface area contributed by atoms with E-state index < -0.39 is 0 Å². The Kier molecular flexibility index (Phi) is 3.98. The second kappa shape index (κ2) is 5.89. The molecule has 1 aliphatic rings. The number of carbonyl (C=O) groups excluding carboxylic acids is 1. The number of ether oxygens (including phenoxy) is 1. The number of carbonyl (C=O) groups is 1. The van der Waals surface area contributed by atoms with Crippen molar-refractivity contribution in [3.05, 3.63) is 30.0 Å². The summed E-state index contributed by atoms with van der Waals surface area (Å²) in [6.07, 6.45) is 2.02. The minimum atomic E-state index is 0.0921. The highest BCUT2D eigenvalue weighted by molar-refractivity contribution is 7.99. The number of H-pyrrole nitrogens is 1. The number of aromatic nitrogens is 1. The van der Waals surface area contributed by atoms with Crippen molar-refractivity contribution in [2.45, 2.75) is 11.8 Å². The maximum absolute atomic E-state index is 12.4. The Labute approximate surface area is 122 Å². The fourth-order valence-corrected chi connectivity index (χ4v) is 3.24. The van der Waals surface area contributed by atoms with Gasteiger partial charge < -0.3 is 14.6 Å². The zero-order valence-corrected chi connectivity index (χ0v) is 12.3. The van der Waals surface area contributed by atoms with Gasteiger partial charge in [0, 0.05) is 40.6 Å². The number of aromatic amines is 1. The number of thioether (sulfide) groups is 1. The van der Waals surface area contributed by atoms with Crippen LogP contribution in [0.1, 0.15) is 17.3 Å². The minimum Gasteiger partial charge on any atom is -0.378 e. The lowest BCUT2D eigenvalue weighted by Crippen LogP contribution is -2.40. The first kappa shape index (κ1) is 13.5. The van der Waals surface area contributed by atoms with Crippen molar-refractivity contribution in [3.63, 3.8) is 0 Å². The average Bonchev–Trinajstić information content (AvgIpc) is 2.90. The van der Waals surface area contributed by atoms with Crippen LogP contribution in [0.15, 0.2) is 29.3 Å². The maximum atomic E-state index is 12.4. The Morgan fingerprint density at radius 2 is 2.20 bits per heavy atom. The van der Waals surface area contributed by atoms with E-state index in [1.54, 1.807) is 0 Å². The summed E-state index contributed by atoms with van der Waals surface area (Å²) in [7, 11) is 0. The number of hydrogen-bond acceptors (Lipinski definition) is 3. The summed E-state index contributed by atoms with van der Waals surface area (Å²) in [4.78, 5) is 18.8. The van der Waals surface area contributed by atoms with Gasteiger partial charge in [0.15, 0.2) is 0 Å². The van der Waals surface area contributed by atoms with Crippen LogP contribution in [-0.2, 0) is 4.74 Å². The smallest absolute Gasteiger partial charge is 0.254 e. The van der Waals surface area contributed by atoms with Crippen LogP contribution >= 0.6 is 11.8 Å². The number of nitrogens with zero attached hydrogens (tertiary/aromatic N) is 1. The molecule has 0 bridgehead atoms. The van der Waals surface area contributed by atoms with Gasteiger partial charge in [-0.2, -0.15) is 0 Å². The molecule has 1 aliphatic heterocycles. The van der Waals surface area contributed by atoms with E-state index in [9.17, 15) is 4.79 Å². The normalized spacial score (nSPS) is 15.8. The molecule has 106 valence electrons. The fraction of sp³-hybridized carbons (Fsp3) is 0.400. The van der Waals surface area contributed by atoms with Gasteiger partial charge >= 0.3 is 0 Å². The Balaban J connectivity index is 1.87. The van der Waals surface area contributed by atoms with Crippen molar-refractivity contribution >= 4 is 28.6 Å². The zero-order valence-electron chi connectivity index (χ0n) is 11.5. The van der Waals surface area contributed by atoms with E-state index in [0.29, 0.717) is 26.3 Å². The van der Waals surface area contributed by atoms with Gasteiger partial charge in [0.2, 0.25) is 0 Å². The number of benzene rings is 1. The molecule has 4 nitrogen and oxygen atoms in total. The number of amides is 1. The quantitative estimate of drug-likeness (QED) is 0.884. The van der Waals surface area contributed by atoms with Crippen molar-refractivity contribution in [1.29, 1.82) is 0 Å². The van der Waals surface area contributed by atoms with Crippen LogP contribution in [-0.4, -0.2) is 47.8 Å². The van der Waals surface area contributed by atoms with Crippen molar-refractivity contribution in [3.8, 4) is 0 Å². The molecule has 20 heavy (non-hydrogen) atoms. The summed E-state index contributed by atoms with van der Waals surface area (Å²) in [5, 5.41) is 1.19. The van der Waals surface area contributed by atoms with E-state index in [-0.39, 0.29) is 5.91 Å². The second-order valence-electron chi connectivity index (χ2n) is 4.75. The molecule has 1 saturated heterocycles. The van der Waals surface area contributed by atoms with Crippen molar-refractivity contribution in [1.82, 2.24) is 9.88 Å². The summed E-state index contributed by atoms with van der Waals surface area (Å²) in [6.45, 7) is 4.76. The maximum Gasteiger partial charge on any atom is 0.254 e. The summed E-state index contributed by atoms with van der Waals surface area (Å²) >= 11 is 1.81. The molecule has 0 aliphatic carbocycles. The highest BCUT2D eigenvalue weighted by Crippen LogP contribution is 2.28. The van der Waals surface area contributed by atoms with Gasteiger partial charge in [-0.25, -0.2) is 0 Å². The number of morpholine rings is 1. The van der Waals surface area contributed by atoms with Crippen LogP contribution in [0.5, 0.6) is 0 Å². The zero-order chi connectivity index (χ0) is 13.9. The van der Waals surface area contributed by atoms with Gasteiger partial charge in [-0.15, -0.1) is 11.8 Å². The Morgan fingerprint density at radius 1 is 1.40 bits per heavy atom. The van der Waals surface area contributed by atoms with Crippen LogP contribution in [0.3, 0.4) is 0 Å². The first-order valence-corrected chi connectivity index (χ1v) is 7.89. The van der Waals surface area contributed by atoms with Crippen molar-refractivity contribution < 1.29 is 9.53 Å². The van der Waals surface area contributed by atoms with Gasteiger partial charge in [0.05, 0.1) is 13.2 Å². The van der Waals surface area contributed by atoms with Gasteiger partial charge in [-0.1, -0.05) is 13.0 Å². The molecule has 0 radical (unpaired) electrons. The highest BCUT2D eigenvalue weighted by Gasteiger charge is 2.19. The lowest BCUT2D eigenvalue weighted by molar-refractivity contribution is 0.0303. The number of hydrogen-bond donors (Lipinski definition) is 1. The number of nitrogens with one attached hydrogen (secondary N) is 1. The van der Waals surface area contributed by atoms with Gasteiger partial charge in [-0.3, -0.25) is 4.79 Å². The first-order chi connectivity index (χ1) is 9.79. The molecular formula is C15H18N2O2S. The third kappa shape index (κ3) is 2.55. The molecule has 3 rings (SSSR count). The summed E-state index contributed by atoms with van der Waals surface area (Å²) < 4.78 is 5.28. The number of rotatable bonds is 3. The molecule has 0 atom stereocenters. The van der Waals surface area contributed by atoms with Crippen LogP contribution in [0.4, 0.5) is 0 Å². The van der Waals surface area contributed by atoms with Crippen molar-refractivity contribution in [2.75, 3.05) is 32.1 Å². The van der Waals surface area contributed by atoms with Gasteiger partial charge in [-0.05, 0) is 17.9 Å². The van der Waals surface area contributed by atoms with Crippen LogP contribution in [0, 0.1) is 0 Å². The Hall–Kier alpha value is -1.46. The molecule has 2 aromatic rings. The van der Waals surface area contributed by atoms with E-state index in [4.69, 9.17) is 4.74 Å². The van der Waals surface area contributed by atoms with Crippen molar-refractivity contribution in [2.24, 2.45) is 0 Å². The molecule has 1 amide bonds. The first-order valence-electron chi connectivity index (χ1n) is 6.90. The Morgan fingerprint density at radius 3 is 2.95 bits per heavy atom. The molecule has 1 aromatic heterocycles. The SMILES string of the molecule is CCSc1c[nH]c2cc(C(=O)N3CCOCC3)ccc12. The largest absolute Gasteiger partial charge is 0.378 e. The molecule has 1 aromatic carbocycles. The van der Waals surface area contributed by atoms with E-state index in [0.717, 1.165) is 16.8 Å². The molecule has 1 fully saturated rings. The van der Waals surface area contributed by atoms with E-state index in [2.05, 4.69) is 11.9 Å². The van der Waals surface area contributed by atoms with Crippen LogP contribution in [0.2, 0.25) is 0 Å². The van der Waals surface area contributed by atoms with E-state index in [1.165, 1.54) is 10.3 Å². The third-order valence-electron chi connectivity index (χ3n) is 3.49. The lowest BCUT2D eigenvalue weighted by atomic mass is 10.1. The highest BCUT2D eigenvalue weighted by atomic mass is 32.2. The topological polar surface area (TPSA) is 45.3 Å². The minimum absolute atomic E-state index is 0.0921. The average molecular weight is 290 g/mol. The predicted octanol–water partition coefficient (Wildman–Crippen LogP) is 2.75. The third-order valence-corrected chi connectivity index (χ3v) is 4.43. The predicted molar refractivity (Wildman–Crippen MR) is 81.4 cm³/mol. The van der Waals surface area contributed by atoms with E-state index in [1.807, 2.05) is 41.1 Å². The molecule has 1 N–H and O–H groups in total. The van der Waals surface area contributed by atoms with E-state index >= 15 is 0 Å². The summed E-state index contributed by atoms with van der Waals surface area (Å²) in [5.74, 6) is 1.14. The molecule has 2 heterocycles. The lowest BCUT2D eigenvalue weighted by Gasteiger charge is -2.26. The molecule has 0 unspecified atom stereocenters. The summed E-state index contributed by atoms with van der Waals surface area (Å²) in [5.41, 5.74) is 1.77. The molecule has 0 saturated carbocycles. The Bertz CT molecular complexity index is 617. The summed E-state index contributed by atoms with van der Waals surface area (Å²) in [6, 6.07) is 5.91. The fourth-order valence-electron chi connectivity index (χ4n) is 2.46.